The monoisotopic (exact) mass is 516 g/mol. The molecule has 4 amide bonds. The van der Waals surface area contributed by atoms with Crippen LogP contribution in [0.25, 0.3) is 0 Å². The number of thioether (sulfide) groups is 1. The van der Waals surface area contributed by atoms with Gasteiger partial charge in [0.15, 0.2) is 0 Å². The number of carbonyl (C=O) groups excluding carboxylic acids is 4. The summed E-state index contributed by atoms with van der Waals surface area (Å²) in [6.07, 6.45) is 2.39. The van der Waals surface area contributed by atoms with E-state index in [9.17, 15) is 29.4 Å². The number of phenols is 2. The van der Waals surface area contributed by atoms with Gasteiger partial charge in [0, 0.05) is 19.8 Å². The van der Waals surface area contributed by atoms with Crippen LogP contribution in [0.3, 0.4) is 0 Å². The molecule has 0 aliphatic rings. The van der Waals surface area contributed by atoms with Gasteiger partial charge in [0.1, 0.15) is 29.6 Å². The van der Waals surface area contributed by atoms with Crippen molar-refractivity contribution in [1.29, 1.82) is 0 Å². The van der Waals surface area contributed by atoms with E-state index in [-0.39, 0.29) is 24.3 Å². The smallest absolute Gasteiger partial charge is 0.243 e. The lowest BCUT2D eigenvalue weighted by atomic mass is 10.0. The number of carbonyl (C=O) groups is 4. The third kappa shape index (κ3) is 9.49. The maximum Gasteiger partial charge on any atom is 0.243 e. The van der Waals surface area contributed by atoms with Crippen molar-refractivity contribution in [2.24, 2.45) is 5.73 Å². The molecule has 2 rings (SSSR count). The van der Waals surface area contributed by atoms with E-state index in [0.29, 0.717) is 23.3 Å². The molecule has 2 aromatic rings. The summed E-state index contributed by atoms with van der Waals surface area (Å²) in [4.78, 5) is 50.0. The number of nitrogens with two attached hydrogens (primary N) is 1. The first kappa shape index (κ1) is 28.5. The third-order valence-electron chi connectivity index (χ3n) is 5.35. The molecule has 0 aliphatic heterocycles. The minimum Gasteiger partial charge on any atom is -0.508 e. The zero-order valence-electron chi connectivity index (χ0n) is 20.2. The van der Waals surface area contributed by atoms with E-state index in [0.717, 1.165) is 0 Å². The minimum atomic E-state index is -1.09. The summed E-state index contributed by atoms with van der Waals surface area (Å²) in [7, 11) is 0. The van der Waals surface area contributed by atoms with Crippen molar-refractivity contribution in [3.63, 3.8) is 0 Å². The summed E-state index contributed by atoms with van der Waals surface area (Å²) < 4.78 is 0. The van der Waals surface area contributed by atoms with E-state index in [2.05, 4.69) is 16.0 Å². The Bertz CT molecular complexity index is 1050. The van der Waals surface area contributed by atoms with Gasteiger partial charge in [-0.25, -0.2) is 0 Å². The Kier molecular flexibility index (Phi) is 11.1. The van der Waals surface area contributed by atoms with Gasteiger partial charge in [-0.2, -0.15) is 11.8 Å². The molecule has 10 nitrogen and oxygen atoms in total. The molecule has 0 spiro atoms. The van der Waals surface area contributed by atoms with Gasteiger partial charge in [-0.1, -0.05) is 24.3 Å². The van der Waals surface area contributed by atoms with Gasteiger partial charge in [0.25, 0.3) is 0 Å². The second-order valence-electron chi connectivity index (χ2n) is 8.30. The molecule has 11 heteroatoms. The molecule has 0 saturated heterocycles. The van der Waals surface area contributed by atoms with E-state index >= 15 is 0 Å². The van der Waals surface area contributed by atoms with Gasteiger partial charge in [0.05, 0.1) is 0 Å². The van der Waals surface area contributed by atoms with Crippen molar-refractivity contribution in [3.8, 4) is 11.5 Å². The quantitative estimate of drug-likeness (QED) is 0.226. The summed E-state index contributed by atoms with van der Waals surface area (Å²) in [5, 5.41) is 27.0. The molecule has 0 fully saturated rings. The molecule has 0 aromatic heterocycles. The van der Waals surface area contributed by atoms with E-state index in [1.165, 1.54) is 43.0 Å². The van der Waals surface area contributed by atoms with Crippen molar-refractivity contribution in [2.75, 3.05) is 12.0 Å². The normalized spacial score (nSPS) is 13.2. The Morgan fingerprint density at radius 1 is 0.778 bits per heavy atom. The zero-order valence-corrected chi connectivity index (χ0v) is 21.0. The van der Waals surface area contributed by atoms with Crippen LogP contribution in [-0.4, -0.2) is 64.0 Å². The maximum absolute atomic E-state index is 13.2. The fraction of sp³-hybridized carbons (Fsp3) is 0.360. The average Bonchev–Trinajstić information content (AvgIpc) is 2.83. The number of primary amides is 1. The molecule has 194 valence electrons. The highest BCUT2D eigenvalue weighted by atomic mass is 32.2. The molecule has 0 unspecified atom stereocenters. The first-order valence-electron chi connectivity index (χ1n) is 11.3. The van der Waals surface area contributed by atoms with E-state index in [4.69, 9.17) is 5.73 Å². The number of hydrogen-bond donors (Lipinski definition) is 6. The molecule has 0 saturated carbocycles. The molecule has 0 aliphatic carbocycles. The highest BCUT2D eigenvalue weighted by Gasteiger charge is 2.29. The van der Waals surface area contributed by atoms with Crippen LogP contribution in [0.4, 0.5) is 0 Å². The Hall–Kier alpha value is -3.73. The Balaban J connectivity index is 2.25. The largest absolute Gasteiger partial charge is 0.508 e. The molecule has 3 atom stereocenters. The summed E-state index contributed by atoms with van der Waals surface area (Å²) in [6, 6.07) is 9.35. The lowest BCUT2D eigenvalue weighted by Crippen LogP contribution is -2.57. The van der Waals surface area contributed by atoms with Crippen molar-refractivity contribution in [3.05, 3.63) is 59.7 Å². The first-order valence-corrected chi connectivity index (χ1v) is 12.7. The van der Waals surface area contributed by atoms with Crippen molar-refractivity contribution >= 4 is 35.4 Å². The molecule has 0 heterocycles. The van der Waals surface area contributed by atoms with Crippen molar-refractivity contribution in [2.45, 2.75) is 44.3 Å². The number of hydrogen-bond acceptors (Lipinski definition) is 7. The van der Waals surface area contributed by atoms with E-state index in [1.54, 1.807) is 24.3 Å². The number of phenolic OH excluding ortho intramolecular Hbond substituents is 2. The Morgan fingerprint density at radius 2 is 1.19 bits per heavy atom. The second-order valence-corrected chi connectivity index (χ2v) is 9.29. The van der Waals surface area contributed by atoms with Crippen molar-refractivity contribution < 1.29 is 29.4 Å². The first-order chi connectivity index (χ1) is 17.1. The number of benzene rings is 2. The molecule has 0 radical (unpaired) electrons. The molecule has 2 aromatic carbocycles. The number of rotatable bonds is 13. The Labute approximate surface area is 214 Å². The maximum atomic E-state index is 13.2. The summed E-state index contributed by atoms with van der Waals surface area (Å²) in [5.41, 5.74) is 6.79. The van der Waals surface area contributed by atoms with Crippen molar-refractivity contribution in [1.82, 2.24) is 16.0 Å². The van der Waals surface area contributed by atoms with Crippen LogP contribution < -0.4 is 21.7 Å². The summed E-state index contributed by atoms with van der Waals surface area (Å²) in [6.45, 7) is 1.28. The highest BCUT2D eigenvalue weighted by Crippen LogP contribution is 2.14. The van der Waals surface area contributed by atoms with Gasteiger partial charge in [0.2, 0.25) is 23.6 Å². The van der Waals surface area contributed by atoms with Crippen LogP contribution in [-0.2, 0) is 32.0 Å². The summed E-state index contributed by atoms with van der Waals surface area (Å²) >= 11 is 1.50. The van der Waals surface area contributed by atoms with E-state index < -0.39 is 41.8 Å². The van der Waals surface area contributed by atoms with Crippen LogP contribution >= 0.6 is 11.8 Å². The van der Waals surface area contributed by atoms with Gasteiger partial charge >= 0.3 is 0 Å². The predicted octanol–water partition coefficient (Wildman–Crippen LogP) is 0.596. The van der Waals surface area contributed by atoms with Crippen LogP contribution in [0.1, 0.15) is 24.5 Å². The molecule has 36 heavy (non-hydrogen) atoms. The van der Waals surface area contributed by atoms with Gasteiger partial charge < -0.3 is 31.9 Å². The van der Waals surface area contributed by atoms with Crippen LogP contribution in [0.5, 0.6) is 11.5 Å². The SMILES string of the molecule is CSCC[C@H](NC(=O)[C@H](Cc1ccc(O)cc1)NC(=O)[C@H](Cc1ccc(O)cc1)NC(C)=O)C(N)=O. The van der Waals surface area contributed by atoms with E-state index in [1.807, 2.05) is 6.26 Å². The zero-order chi connectivity index (χ0) is 26.7. The fourth-order valence-corrected chi connectivity index (χ4v) is 3.94. The van der Waals surface area contributed by atoms with Crippen LogP contribution in [0, 0.1) is 0 Å². The number of aromatic hydroxyl groups is 2. The lowest BCUT2D eigenvalue weighted by Gasteiger charge is -2.25. The number of nitrogens with one attached hydrogen (secondary N) is 3. The van der Waals surface area contributed by atoms with Crippen LogP contribution in [0.15, 0.2) is 48.5 Å². The number of amides is 4. The van der Waals surface area contributed by atoms with Gasteiger partial charge in [-0.15, -0.1) is 0 Å². The highest BCUT2D eigenvalue weighted by molar-refractivity contribution is 7.98. The van der Waals surface area contributed by atoms with Crippen LogP contribution in [0.2, 0.25) is 0 Å². The fourth-order valence-electron chi connectivity index (χ4n) is 3.47. The molecule has 0 bridgehead atoms. The average molecular weight is 517 g/mol. The lowest BCUT2D eigenvalue weighted by molar-refractivity contribution is -0.133. The molecular weight excluding hydrogens is 484 g/mol. The van der Waals surface area contributed by atoms with Gasteiger partial charge in [-0.05, 0) is 53.8 Å². The summed E-state index contributed by atoms with van der Waals surface area (Å²) in [5.74, 6) is -1.61. The Morgan fingerprint density at radius 3 is 1.58 bits per heavy atom. The minimum absolute atomic E-state index is 0.0502. The predicted molar refractivity (Wildman–Crippen MR) is 137 cm³/mol. The standard InChI is InChI=1S/C25H32N4O6S/c1-15(30)27-21(13-16-3-7-18(31)8-4-16)24(34)29-22(14-17-5-9-19(32)10-6-17)25(35)28-20(23(26)33)11-12-36-2/h3-10,20-22,31-32H,11-14H2,1-2H3,(H2,26,33)(H,27,30)(H,28,35)(H,29,34)/t20-,21-,22-/m0/s1. The topological polar surface area (TPSA) is 171 Å². The second kappa shape index (κ2) is 14.0. The molecular formula is C25H32N4O6S. The van der Waals surface area contributed by atoms with Gasteiger partial charge in [-0.3, -0.25) is 19.2 Å². The molecule has 7 N–H and O–H groups in total. The third-order valence-corrected chi connectivity index (χ3v) is 5.99.